The zero-order chi connectivity index (χ0) is 33.7. The van der Waals surface area contributed by atoms with E-state index in [1.807, 2.05) is 18.2 Å². The van der Waals surface area contributed by atoms with Crippen LogP contribution in [0, 0.1) is 0 Å². The molecule has 9 aromatic rings. The molecule has 0 spiro atoms. The monoisotopic (exact) mass is 653 g/mol. The van der Waals surface area contributed by atoms with Crippen molar-refractivity contribution in [2.75, 3.05) is 0 Å². The Morgan fingerprint density at radius 2 is 1.04 bits per heavy atom. The Hall–Kier alpha value is -6.78. The van der Waals surface area contributed by atoms with E-state index in [2.05, 4.69) is 163 Å². The van der Waals surface area contributed by atoms with Crippen molar-refractivity contribution in [3.8, 4) is 22.3 Å². The van der Waals surface area contributed by atoms with Crippen LogP contribution in [0.2, 0.25) is 0 Å². The van der Waals surface area contributed by atoms with Gasteiger partial charge in [-0.2, -0.15) is 0 Å². The number of amidine groups is 2. The largest absolute Gasteiger partial charge is 0.456 e. The maximum absolute atomic E-state index is 6.55. The van der Waals surface area contributed by atoms with E-state index in [0.717, 1.165) is 61.0 Å². The molecule has 240 valence electrons. The first-order valence-electron chi connectivity index (χ1n) is 17.3. The van der Waals surface area contributed by atoms with Crippen molar-refractivity contribution in [2.45, 2.75) is 6.17 Å². The molecule has 1 aromatic heterocycles. The van der Waals surface area contributed by atoms with Crippen molar-refractivity contribution in [1.29, 1.82) is 0 Å². The van der Waals surface area contributed by atoms with Crippen molar-refractivity contribution in [2.24, 2.45) is 9.98 Å². The van der Waals surface area contributed by atoms with Crippen molar-refractivity contribution < 1.29 is 4.42 Å². The molecule has 0 saturated heterocycles. The van der Waals surface area contributed by atoms with Crippen LogP contribution < -0.4 is 5.32 Å². The smallest absolute Gasteiger partial charge is 0.159 e. The summed E-state index contributed by atoms with van der Waals surface area (Å²) in [6.07, 6.45) is -0.310. The predicted octanol–water partition coefficient (Wildman–Crippen LogP) is 11.7. The first kappa shape index (κ1) is 29.2. The Labute approximate surface area is 295 Å². The highest BCUT2D eigenvalue weighted by molar-refractivity contribution is 6.24. The summed E-state index contributed by atoms with van der Waals surface area (Å²) >= 11 is 0. The van der Waals surface area contributed by atoms with Crippen LogP contribution in [0.15, 0.2) is 190 Å². The van der Waals surface area contributed by atoms with Gasteiger partial charge < -0.3 is 9.73 Å². The van der Waals surface area contributed by atoms with Gasteiger partial charge in [0.15, 0.2) is 5.84 Å². The first-order valence-corrected chi connectivity index (χ1v) is 17.3. The molecular formula is C47H31N3O. The maximum Gasteiger partial charge on any atom is 0.159 e. The molecule has 1 unspecified atom stereocenters. The van der Waals surface area contributed by atoms with Crippen molar-refractivity contribution in [1.82, 2.24) is 5.32 Å². The molecule has 0 aliphatic carbocycles. The number of benzene rings is 8. The van der Waals surface area contributed by atoms with Gasteiger partial charge in [0, 0.05) is 21.9 Å². The molecule has 0 radical (unpaired) electrons. The lowest BCUT2D eigenvalue weighted by molar-refractivity contribution is 0.668. The Morgan fingerprint density at radius 1 is 0.451 bits per heavy atom. The molecule has 1 N–H and O–H groups in total. The number of nitrogens with zero attached hydrogens (tertiary/aromatic N) is 2. The summed E-state index contributed by atoms with van der Waals surface area (Å²) in [6.45, 7) is 0. The number of hydrogen-bond donors (Lipinski definition) is 1. The van der Waals surface area contributed by atoms with Crippen LogP contribution in [0.1, 0.15) is 22.9 Å². The second kappa shape index (κ2) is 12.0. The molecule has 1 atom stereocenters. The summed E-state index contributed by atoms with van der Waals surface area (Å²) in [6, 6.07) is 61.7. The van der Waals surface area contributed by atoms with Crippen LogP contribution in [0.25, 0.3) is 65.7 Å². The lowest BCUT2D eigenvalue weighted by atomic mass is 9.94. The van der Waals surface area contributed by atoms with E-state index in [4.69, 9.17) is 14.4 Å². The second-order valence-electron chi connectivity index (χ2n) is 13.0. The quantitative estimate of drug-likeness (QED) is 0.201. The highest BCUT2D eigenvalue weighted by Crippen LogP contribution is 2.40. The third-order valence-electron chi connectivity index (χ3n) is 9.94. The Bertz CT molecular complexity index is 2820. The van der Waals surface area contributed by atoms with Crippen molar-refractivity contribution >= 4 is 55.2 Å². The molecule has 0 fully saturated rings. The van der Waals surface area contributed by atoms with Crippen LogP contribution in [0.4, 0.5) is 0 Å². The Kier molecular flexibility index (Phi) is 6.85. The SMILES string of the molecule is c1ccc(C2N=C(c3ccc4ccccc4c3)N=C(c3cccc4oc5cccc(-c6ccc(-c7cccc8ccccc78)cc6)c5c34)N2)cc1. The molecule has 4 heteroatoms. The van der Waals surface area contributed by atoms with Gasteiger partial charge in [-0.3, -0.25) is 0 Å². The minimum Gasteiger partial charge on any atom is -0.456 e. The number of nitrogens with one attached hydrogen (secondary N) is 1. The summed E-state index contributed by atoms with van der Waals surface area (Å²) in [4.78, 5) is 10.4. The third kappa shape index (κ3) is 5.08. The zero-order valence-corrected chi connectivity index (χ0v) is 27.6. The van der Waals surface area contributed by atoms with Gasteiger partial charge in [-0.05, 0) is 67.6 Å². The fourth-order valence-electron chi connectivity index (χ4n) is 7.46. The predicted molar refractivity (Wildman–Crippen MR) is 211 cm³/mol. The summed E-state index contributed by atoms with van der Waals surface area (Å²) in [5, 5.41) is 10.6. The number of hydrogen-bond acceptors (Lipinski definition) is 4. The van der Waals surface area contributed by atoms with Gasteiger partial charge in [-0.1, -0.05) is 158 Å². The number of rotatable bonds is 5. The number of furan rings is 1. The molecule has 0 bridgehead atoms. The zero-order valence-electron chi connectivity index (χ0n) is 27.6. The fraction of sp³-hybridized carbons (Fsp3) is 0.0213. The minimum atomic E-state index is -0.310. The van der Waals surface area contributed by atoms with Crippen LogP contribution in [0.5, 0.6) is 0 Å². The van der Waals surface area contributed by atoms with Gasteiger partial charge in [-0.25, -0.2) is 9.98 Å². The van der Waals surface area contributed by atoms with Gasteiger partial charge in [-0.15, -0.1) is 0 Å². The average molecular weight is 654 g/mol. The summed E-state index contributed by atoms with van der Waals surface area (Å²) in [5.74, 6) is 1.45. The van der Waals surface area contributed by atoms with Gasteiger partial charge in [0.1, 0.15) is 23.2 Å². The molecular weight excluding hydrogens is 623 g/mol. The van der Waals surface area contributed by atoms with Crippen LogP contribution in [-0.4, -0.2) is 11.7 Å². The Balaban J connectivity index is 1.12. The van der Waals surface area contributed by atoms with E-state index in [9.17, 15) is 0 Å². The number of fused-ring (bicyclic) bond motifs is 5. The number of aliphatic imine (C=N–C) groups is 2. The topological polar surface area (TPSA) is 49.9 Å². The van der Waals surface area contributed by atoms with Crippen LogP contribution in [-0.2, 0) is 0 Å². The molecule has 1 aliphatic heterocycles. The molecule has 1 aliphatic rings. The summed E-state index contributed by atoms with van der Waals surface area (Å²) in [7, 11) is 0. The van der Waals surface area contributed by atoms with E-state index >= 15 is 0 Å². The molecule has 0 amide bonds. The highest BCUT2D eigenvalue weighted by atomic mass is 16.3. The average Bonchev–Trinajstić information content (AvgIpc) is 3.60. The minimum absolute atomic E-state index is 0.310. The fourth-order valence-corrected chi connectivity index (χ4v) is 7.46. The third-order valence-corrected chi connectivity index (χ3v) is 9.94. The second-order valence-corrected chi connectivity index (χ2v) is 13.0. The molecule has 10 rings (SSSR count). The molecule has 2 heterocycles. The van der Waals surface area contributed by atoms with E-state index in [1.165, 1.54) is 27.3 Å². The summed E-state index contributed by atoms with van der Waals surface area (Å²) in [5.41, 5.74) is 9.33. The van der Waals surface area contributed by atoms with E-state index < -0.39 is 0 Å². The Morgan fingerprint density at radius 3 is 1.84 bits per heavy atom. The van der Waals surface area contributed by atoms with Crippen LogP contribution >= 0.6 is 0 Å². The highest BCUT2D eigenvalue weighted by Gasteiger charge is 2.25. The molecule has 8 aromatic carbocycles. The standard InChI is InChI=1S/C47H31N3O/c1-2-13-34(14-3-1)45-48-46(36-28-23-30-11-4-5-15-35(30)29-36)50-47(49-45)40-20-10-22-42-44(40)43-39(19-9-21-41(43)51-42)33-26-24-32(25-27-33)38-18-8-16-31-12-6-7-17-37(31)38/h1-29,45H,(H,48,49,50). The van der Waals surface area contributed by atoms with Gasteiger partial charge >= 0.3 is 0 Å². The van der Waals surface area contributed by atoms with Crippen molar-refractivity contribution in [3.05, 3.63) is 193 Å². The summed E-state index contributed by atoms with van der Waals surface area (Å²) < 4.78 is 6.55. The van der Waals surface area contributed by atoms with Gasteiger partial charge in [0.2, 0.25) is 0 Å². The van der Waals surface area contributed by atoms with E-state index in [1.54, 1.807) is 0 Å². The van der Waals surface area contributed by atoms with Gasteiger partial charge in [0.05, 0.1) is 0 Å². The molecule has 0 saturated carbocycles. The van der Waals surface area contributed by atoms with E-state index in [0.29, 0.717) is 5.84 Å². The van der Waals surface area contributed by atoms with Crippen LogP contribution in [0.3, 0.4) is 0 Å². The van der Waals surface area contributed by atoms with E-state index in [-0.39, 0.29) is 6.17 Å². The lowest BCUT2D eigenvalue weighted by Crippen LogP contribution is -2.33. The normalized spacial score (nSPS) is 14.5. The first-order chi connectivity index (χ1) is 25.3. The molecule has 51 heavy (non-hydrogen) atoms. The lowest BCUT2D eigenvalue weighted by Gasteiger charge is -2.24. The molecule has 4 nitrogen and oxygen atoms in total. The maximum atomic E-state index is 6.55. The van der Waals surface area contributed by atoms with Gasteiger partial charge in [0.25, 0.3) is 0 Å². The van der Waals surface area contributed by atoms with Crippen molar-refractivity contribution in [3.63, 3.8) is 0 Å².